The molecule has 6 aromatic carbocycles. The first-order valence-electron chi connectivity index (χ1n) is 12.4. The summed E-state index contributed by atoms with van der Waals surface area (Å²) in [6.45, 7) is 0. The Morgan fingerprint density at radius 3 is 1.31 bits per heavy atom. The molecule has 36 heavy (non-hydrogen) atoms. The van der Waals surface area contributed by atoms with E-state index in [1.807, 2.05) is 0 Å². The van der Waals surface area contributed by atoms with Gasteiger partial charge in [0.25, 0.3) is 0 Å². The molecule has 0 bridgehead atoms. The van der Waals surface area contributed by atoms with Gasteiger partial charge in [0.2, 0.25) is 0 Å². The summed E-state index contributed by atoms with van der Waals surface area (Å²) in [5.41, 5.74) is 7.33. The average molecular weight is 459 g/mol. The average Bonchev–Trinajstić information content (AvgIpc) is 3.48. The molecule has 0 spiro atoms. The van der Waals surface area contributed by atoms with Crippen LogP contribution in [0.3, 0.4) is 0 Å². The van der Waals surface area contributed by atoms with Crippen molar-refractivity contribution in [3.8, 4) is 11.4 Å². The van der Waals surface area contributed by atoms with Gasteiger partial charge in [-0.15, -0.1) is 0 Å². The van der Waals surface area contributed by atoms with Crippen molar-refractivity contribution in [3.63, 3.8) is 0 Å². The van der Waals surface area contributed by atoms with E-state index in [4.69, 9.17) is 0 Å². The summed E-state index contributed by atoms with van der Waals surface area (Å²) >= 11 is 0. The van der Waals surface area contributed by atoms with Crippen molar-refractivity contribution in [1.82, 2.24) is 9.13 Å². The fourth-order valence-corrected chi connectivity index (χ4v) is 6.08. The topological polar surface area (TPSA) is 9.86 Å². The maximum Gasteiger partial charge on any atom is 0.0647 e. The third-order valence-electron chi connectivity index (χ3n) is 7.47. The zero-order chi connectivity index (χ0) is 23.6. The van der Waals surface area contributed by atoms with Crippen molar-refractivity contribution < 1.29 is 0 Å². The van der Waals surface area contributed by atoms with Crippen LogP contribution in [0.25, 0.3) is 65.8 Å². The largest absolute Gasteiger partial charge is 0.309 e. The Balaban J connectivity index is 1.77. The summed E-state index contributed by atoms with van der Waals surface area (Å²) in [6, 6.07) is 48.0. The molecule has 2 aromatic heterocycles. The lowest BCUT2D eigenvalue weighted by Gasteiger charge is -2.12. The van der Waals surface area contributed by atoms with Crippen LogP contribution >= 0.6 is 0 Å². The number of nitrogens with zero attached hydrogens (tertiary/aromatic N) is 2. The van der Waals surface area contributed by atoms with Gasteiger partial charge in [-0.1, -0.05) is 97.1 Å². The van der Waals surface area contributed by atoms with Gasteiger partial charge < -0.3 is 9.13 Å². The molecule has 0 unspecified atom stereocenters. The molecule has 0 atom stereocenters. The Morgan fingerprint density at radius 1 is 0.306 bits per heavy atom. The first-order chi connectivity index (χ1) is 17.9. The van der Waals surface area contributed by atoms with Gasteiger partial charge in [0, 0.05) is 38.3 Å². The van der Waals surface area contributed by atoms with Gasteiger partial charge in [-0.25, -0.2) is 0 Å². The molecule has 168 valence electrons. The second-order valence-electron chi connectivity index (χ2n) is 9.37. The number of hydrogen-bond acceptors (Lipinski definition) is 0. The highest BCUT2D eigenvalue weighted by Gasteiger charge is 2.23. The van der Waals surface area contributed by atoms with Crippen LogP contribution in [-0.4, -0.2) is 9.13 Å². The van der Waals surface area contributed by atoms with Crippen LogP contribution in [0.4, 0.5) is 0 Å². The number of aromatic nitrogens is 2. The Labute approximate surface area is 208 Å². The molecule has 0 amide bonds. The molecule has 2 nitrogen and oxygen atoms in total. The Morgan fingerprint density at radius 2 is 0.722 bits per heavy atom. The molecule has 8 rings (SSSR count). The van der Waals surface area contributed by atoms with E-state index < -0.39 is 0 Å². The van der Waals surface area contributed by atoms with Crippen molar-refractivity contribution in [2.45, 2.75) is 0 Å². The van der Waals surface area contributed by atoms with E-state index in [1.54, 1.807) is 0 Å². The van der Waals surface area contributed by atoms with E-state index in [-0.39, 0.29) is 0 Å². The predicted octanol–water partition coefficient (Wildman–Crippen LogP) is 9.03. The monoisotopic (exact) mass is 458 g/mol. The molecular weight excluding hydrogens is 436 g/mol. The van der Waals surface area contributed by atoms with Gasteiger partial charge in [0.15, 0.2) is 0 Å². The molecule has 8 aromatic rings. The molecule has 0 radical (unpaired) electrons. The fraction of sp³-hybridized carbons (Fsp3) is 0. The predicted molar refractivity (Wildman–Crippen MR) is 153 cm³/mol. The maximum absolute atomic E-state index is 2.46. The normalized spacial score (nSPS) is 11.9. The number of benzene rings is 6. The summed E-state index contributed by atoms with van der Waals surface area (Å²) in [5.74, 6) is 0. The van der Waals surface area contributed by atoms with Crippen LogP contribution in [0.2, 0.25) is 0 Å². The molecule has 0 aliphatic heterocycles. The van der Waals surface area contributed by atoms with Gasteiger partial charge in [-0.3, -0.25) is 0 Å². The van der Waals surface area contributed by atoms with Gasteiger partial charge in [0.1, 0.15) is 0 Å². The molecule has 2 heterocycles. The lowest BCUT2D eigenvalue weighted by molar-refractivity contribution is 1.18. The highest BCUT2D eigenvalue weighted by atomic mass is 15.0. The van der Waals surface area contributed by atoms with Crippen LogP contribution in [0.15, 0.2) is 133 Å². The quantitative estimate of drug-likeness (QED) is 0.244. The Hall–Kier alpha value is -4.82. The van der Waals surface area contributed by atoms with E-state index in [0.717, 1.165) is 0 Å². The van der Waals surface area contributed by atoms with E-state index in [1.165, 1.54) is 65.8 Å². The molecule has 0 aliphatic carbocycles. The summed E-state index contributed by atoms with van der Waals surface area (Å²) in [5, 5.41) is 7.72. The van der Waals surface area contributed by atoms with E-state index in [9.17, 15) is 0 Å². The molecule has 0 fully saturated rings. The zero-order valence-electron chi connectivity index (χ0n) is 19.6. The SMILES string of the molecule is c1ccc(-n2c3ccccc3c3c2c2ccccc2c2c4ccccc4n(-c4ccccc4)c23)cc1. The van der Waals surface area contributed by atoms with Crippen molar-refractivity contribution >= 4 is 54.4 Å². The lowest BCUT2D eigenvalue weighted by atomic mass is 9.99. The summed E-state index contributed by atoms with van der Waals surface area (Å²) < 4.78 is 4.90. The van der Waals surface area contributed by atoms with Gasteiger partial charge in [-0.05, 0) is 41.8 Å². The molecule has 0 saturated carbocycles. The molecular formula is C34H22N2. The number of para-hydroxylation sites is 4. The van der Waals surface area contributed by atoms with Gasteiger partial charge in [0.05, 0.1) is 22.1 Å². The van der Waals surface area contributed by atoms with Gasteiger partial charge >= 0.3 is 0 Å². The summed E-state index contributed by atoms with van der Waals surface area (Å²) in [6.07, 6.45) is 0. The van der Waals surface area contributed by atoms with Crippen LogP contribution in [0.5, 0.6) is 0 Å². The summed E-state index contributed by atoms with van der Waals surface area (Å²) in [4.78, 5) is 0. The fourth-order valence-electron chi connectivity index (χ4n) is 6.08. The van der Waals surface area contributed by atoms with E-state index >= 15 is 0 Å². The Bertz CT molecular complexity index is 2080. The summed E-state index contributed by atoms with van der Waals surface area (Å²) in [7, 11) is 0. The third-order valence-corrected chi connectivity index (χ3v) is 7.47. The number of hydrogen-bond donors (Lipinski definition) is 0. The first kappa shape index (κ1) is 19.5. The van der Waals surface area contributed by atoms with Crippen LogP contribution < -0.4 is 0 Å². The minimum absolute atomic E-state index is 1.18. The third kappa shape index (κ3) is 2.50. The molecule has 0 aliphatic rings. The van der Waals surface area contributed by atoms with Crippen molar-refractivity contribution in [2.24, 2.45) is 0 Å². The number of rotatable bonds is 2. The van der Waals surface area contributed by atoms with Crippen molar-refractivity contribution in [2.75, 3.05) is 0 Å². The van der Waals surface area contributed by atoms with E-state index in [0.29, 0.717) is 0 Å². The zero-order valence-corrected chi connectivity index (χ0v) is 19.6. The maximum atomic E-state index is 2.46. The minimum atomic E-state index is 1.18. The van der Waals surface area contributed by atoms with Crippen LogP contribution in [-0.2, 0) is 0 Å². The van der Waals surface area contributed by atoms with Crippen LogP contribution in [0.1, 0.15) is 0 Å². The minimum Gasteiger partial charge on any atom is -0.309 e. The lowest BCUT2D eigenvalue weighted by Crippen LogP contribution is -1.96. The molecule has 0 saturated heterocycles. The standard InChI is InChI=1S/C34H22N2/c1-3-13-23(14-4-1)35-30-22-12-10-20-28(30)32-33(35)26-18-8-7-17-25(26)31-27-19-9-11-21-29(27)36(34(31)32)24-15-5-2-6-16-24/h1-22H. The molecule has 0 N–H and O–H groups in total. The smallest absolute Gasteiger partial charge is 0.0647 e. The molecule has 2 heteroatoms. The van der Waals surface area contributed by atoms with Crippen molar-refractivity contribution in [3.05, 3.63) is 133 Å². The second-order valence-corrected chi connectivity index (χ2v) is 9.37. The Kier molecular flexibility index (Phi) is 3.97. The highest BCUT2D eigenvalue weighted by Crippen LogP contribution is 2.46. The van der Waals surface area contributed by atoms with Crippen LogP contribution in [0, 0.1) is 0 Å². The van der Waals surface area contributed by atoms with Gasteiger partial charge in [-0.2, -0.15) is 0 Å². The first-order valence-corrected chi connectivity index (χ1v) is 12.4. The van der Waals surface area contributed by atoms with Crippen molar-refractivity contribution in [1.29, 1.82) is 0 Å². The highest BCUT2D eigenvalue weighted by molar-refractivity contribution is 6.36. The van der Waals surface area contributed by atoms with E-state index in [2.05, 4.69) is 143 Å². The second kappa shape index (κ2) is 7.34. The number of fused-ring (bicyclic) bond motifs is 10.